The number of hydrogen-bond donors (Lipinski definition) is 4. The molecule has 9 heteroatoms. The largest absolute Gasteiger partial charge is 0.506 e. The third-order valence-corrected chi connectivity index (χ3v) is 6.32. The lowest BCUT2D eigenvalue weighted by Crippen LogP contribution is -2.16. The molecule has 1 amide bonds. The van der Waals surface area contributed by atoms with Crippen molar-refractivity contribution in [3.05, 3.63) is 81.8 Å². The maximum absolute atomic E-state index is 11.4. The second kappa shape index (κ2) is 9.75. The van der Waals surface area contributed by atoms with Crippen LogP contribution in [-0.4, -0.2) is 16.2 Å². The van der Waals surface area contributed by atoms with Crippen LogP contribution in [0.3, 0.4) is 0 Å². The molecule has 6 nitrogen and oxygen atoms in total. The van der Waals surface area contributed by atoms with E-state index >= 15 is 0 Å². The van der Waals surface area contributed by atoms with E-state index in [4.69, 9.17) is 33.7 Å². The number of aromatic amines is 1. The van der Waals surface area contributed by atoms with Crippen LogP contribution in [0.15, 0.2) is 70.5 Å². The first-order valence-electron chi connectivity index (χ1n) is 9.63. The lowest BCUT2D eigenvalue weighted by molar-refractivity contribution is 0.208. The highest BCUT2D eigenvalue weighted by molar-refractivity contribution is 7.99. The van der Waals surface area contributed by atoms with Crippen LogP contribution in [0.5, 0.6) is 11.6 Å². The van der Waals surface area contributed by atoms with Gasteiger partial charge in [-0.1, -0.05) is 65.3 Å². The lowest BCUT2D eigenvalue weighted by Gasteiger charge is -2.09. The van der Waals surface area contributed by atoms with Crippen LogP contribution in [0.25, 0.3) is 10.9 Å². The van der Waals surface area contributed by atoms with Gasteiger partial charge in [0, 0.05) is 39.5 Å². The number of halogens is 2. The summed E-state index contributed by atoms with van der Waals surface area (Å²) in [5.41, 5.74) is 7.67. The van der Waals surface area contributed by atoms with Gasteiger partial charge in [0.05, 0.1) is 9.92 Å². The molecule has 0 saturated heterocycles. The highest BCUT2D eigenvalue weighted by atomic mass is 35.5. The van der Waals surface area contributed by atoms with Gasteiger partial charge in [-0.2, -0.15) is 0 Å². The Hall–Kier alpha value is -2.84. The zero-order valence-corrected chi connectivity index (χ0v) is 19.0. The second-order valence-corrected chi connectivity index (χ2v) is 8.93. The number of nitrogens with one attached hydrogen (secondary N) is 2. The maximum atomic E-state index is 11.4. The number of carbonyl (C=O) groups excluding carboxylic acids is 1. The SMILES string of the molecule is NC(=O)Oc1[nH]c2cc(CNCc3cc(Cl)cc(Cl)c3O)ccc2c1Sc1ccccc1. The standard InChI is InChI=1S/C23H19Cl2N3O3S/c24-15-9-14(20(29)18(25)10-15)12-27-11-13-6-7-17-19(8-13)28-22(31-23(26)30)21(17)32-16-4-2-1-3-5-16/h1-10,27-29H,11-12H2,(H2,26,30). The van der Waals surface area contributed by atoms with Crippen LogP contribution in [0.1, 0.15) is 11.1 Å². The average molecular weight is 488 g/mol. The lowest BCUT2D eigenvalue weighted by atomic mass is 10.1. The van der Waals surface area contributed by atoms with E-state index < -0.39 is 6.09 Å². The van der Waals surface area contributed by atoms with Gasteiger partial charge in [-0.05, 0) is 35.9 Å². The molecule has 32 heavy (non-hydrogen) atoms. The van der Waals surface area contributed by atoms with E-state index in [0.717, 1.165) is 26.3 Å². The highest BCUT2D eigenvalue weighted by Crippen LogP contribution is 2.41. The number of benzene rings is 3. The van der Waals surface area contributed by atoms with Crippen LogP contribution in [0.2, 0.25) is 10.0 Å². The molecule has 1 aromatic heterocycles. The van der Waals surface area contributed by atoms with E-state index in [2.05, 4.69) is 10.3 Å². The molecule has 3 aromatic carbocycles. The number of aromatic nitrogens is 1. The summed E-state index contributed by atoms with van der Waals surface area (Å²) in [4.78, 5) is 16.3. The fourth-order valence-electron chi connectivity index (χ4n) is 3.28. The minimum Gasteiger partial charge on any atom is -0.506 e. The van der Waals surface area contributed by atoms with E-state index in [0.29, 0.717) is 29.6 Å². The Kier molecular flexibility index (Phi) is 6.81. The summed E-state index contributed by atoms with van der Waals surface area (Å²) >= 11 is 13.5. The van der Waals surface area contributed by atoms with Gasteiger partial charge >= 0.3 is 6.09 Å². The van der Waals surface area contributed by atoms with Gasteiger partial charge in [-0.25, -0.2) is 4.79 Å². The van der Waals surface area contributed by atoms with E-state index in [1.54, 1.807) is 6.07 Å². The van der Waals surface area contributed by atoms with Gasteiger partial charge in [0.2, 0.25) is 5.88 Å². The van der Waals surface area contributed by atoms with Gasteiger partial charge in [0.15, 0.2) is 0 Å². The molecule has 0 aliphatic rings. The number of ether oxygens (including phenoxy) is 1. The average Bonchev–Trinajstić information content (AvgIpc) is 3.07. The molecule has 0 unspecified atom stereocenters. The first-order chi connectivity index (χ1) is 15.4. The molecular weight excluding hydrogens is 469 g/mol. The van der Waals surface area contributed by atoms with Crippen LogP contribution >= 0.6 is 35.0 Å². The van der Waals surface area contributed by atoms with E-state index in [-0.39, 0.29) is 10.8 Å². The summed E-state index contributed by atoms with van der Waals surface area (Å²) in [6, 6.07) is 18.9. The quantitative estimate of drug-likeness (QED) is 0.253. The minimum absolute atomic E-state index is 0.0132. The first kappa shape index (κ1) is 22.4. The molecule has 164 valence electrons. The van der Waals surface area contributed by atoms with Crippen LogP contribution in [0, 0.1) is 0 Å². The Bertz CT molecular complexity index is 1280. The number of H-pyrrole nitrogens is 1. The van der Waals surface area contributed by atoms with Crippen molar-refractivity contribution in [2.45, 2.75) is 22.9 Å². The molecule has 0 spiro atoms. The summed E-state index contributed by atoms with van der Waals surface area (Å²) in [6.07, 6.45) is -0.881. The molecular formula is C23H19Cl2N3O3S. The predicted molar refractivity (Wildman–Crippen MR) is 128 cm³/mol. The molecule has 5 N–H and O–H groups in total. The summed E-state index contributed by atoms with van der Waals surface area (Å²) in [5.74, 6) is 0.323. The number of nitrogens with two attached hydrogens (primary N) is 1. The predicted octanol–water partition coefficient (Wildman–Crippen LogP) is 6.08. The number of primary amides is 1. The van der Waals surface area contributed by atoms with Crippen molar-refractivity contribution in [3.8, 4) is 11.6 Å². The van der Waals surface area contributed by atoms with Crippen molar-refractivity contribution >= 4 is 52.0 Å². The molecule has 0 saturated carbocycles. The molecule has 0 atom stereocenters. The molecule has 0 radical (unpaired) electrons. The number of rotatable bonds is 7. The zero-order chi connectivity index (χ0) is 22.7. The van der Waals surface area contributed by atoms with Crippen molar-refractivity contribution in [2.24, 2.45) is 5.73 Å². The smallest absolute Gasteiger partial charge is 0.411 e. The molecule has 0 bridgehead atoms. The van der Waals surface area contributed by atoms with Gasteiger partial charge in [-0.3, -0.25) is 0 Å². The monoisotopic (exact) mass is 487 g/mol. The minimum atomic E-state index is -0.881. The van der Waals surface area contributed by atoms with Gasteiger partial charge in [0.25, 0.3) is 0 Å². The Balaban J connectivity index is 1.55. The van der Waals surface area contributed by atoms with Crippen molar-refractivity contribution in [3.63, 3.8) is 0 Å². The second-order valence-electron chi connectivity index (χ2n) is 7.00. The molecule has 4 aromatic rings. The summed E-state index contributed by atoms with van der Waals surface area (Å²) in [7, 11) is 0. The molecule has 0 aliphatic carbocycles. The number of phenols is 1. The highest BCUT2D eigenvalue weighted by Gasteiger charge is 2.17. The molecule has 0 aliphatic heterocycles. The molecule has 4 rings (SSSR count). The number of amides is 1. The third-order valence-electron chi connectivity index (χ3n) is 4.70. The third kappa shape index (κ3) is 5.14. The summed E-state index contributed by atoms with van der Waals surface area (Å²) in [6.45, 7) is 0.922. The van der Waals surface area contributed by atoms with Gasteiger partial charge in [0.1, 0.15) is 5.75 Å². The van der Waals surface area contributed by atoms with Crippen LogP contribution in [0.4, 0.5) is 4.79 Å². The first-order valence-corrected chi connectivity index (χ1v) is 11.2. The number of aromatic hydroxyl groups is 1. The molecule has 1 heterocycles. The van der Waals surface area contributed by atoms with E-state index in [1.165, 1.54) is 17.8 Å². The van der Waals surface area contributed by atoms with Crippen molar-refractivity contribution in [1.29, 1.82) is 0 Å². The topological polar surface area (TPSA) is 100 Å². The summed E-state index contributed by atoms with van der Waals surface area (Å²) < 4.78 is 5.21. The van der Waals surface area contributed by atoms with Crippen LogP contribution in [-0.2, 0) is 13.1 Å². The van der Waals surface area contributed by atoms with E-state index in [9.17, 15) is 9.90 Å². The van der Waals surface area contributed by atoms with Crippen molar-refractivity contribution in [1.82, 2.24) is 10.3 Å². The fourth-order valence-corrected chi connectivity index (χ4v) is 4.82. The van der Waals surface area contributed by atoms with Crippen molar-refractivity contribution < 1.29 is 14.6 Å². The number of carbonyl (C=O) groups is 1. The number of fused-ring (bicyclic) bond motifs is 1. The number of phenolic OH excluding ortho intramolecular Hbond substituents is 1. The van der Waals surface area contributed by atoms with Crippen LogP contribution < -0.4 is 15.8 Å². The fraction of sp³-hybridized carbons (Fsp3) is 0.0870. The normalized spacial score (nSPS) is 11.1. The van der Waals surface area contributed by atoms with E-state index in [1.807, 2.05) is 48.5 Å². The summed E-state index contributed by atoms with van der Waals surface area (Å²) in [5, 5.41) is 15.0. The Morgan fingerprint density at radius 1 is 1.09 bits per heavy atom. The Morgan fingerprint density at radius 3 is 2.62 bits per heavy atom. The number of hydrogen-bond acceptors (Lipinski definition) is 5. The van der Waals surface area contributed by atoms with Gasteiger partial charge in [-0.15, -0.1) is 0 Å². The zero-order valence-electron chi connectivity index (χ0n) is 16.7. The maximum Gasteiger partial charge on any atom is 0.411 e. The Labute approximate surface area is 198 Å². The molecule has 0 fully saturated rings. The van der Waals surface area contributed by atoms with Gasteiger partial charge < -0.3 is 25.9 Å². The Morgan fingerprint density at radius 2 is 1.88 bits per heavy atom. The van der Waals surface area contributed by atoms with Crippen molar-refractivity contribution in [2.75, 3.05) is 0 Å².